The fourth-order valence-corrected chi connectivity index (χ4v) is 1.83. The molecule has 1 atom stereocenters. The monoisotopic (exact) mass is 244 g/mol. The standard InChI is InChI=1S/C10H13O5P/c1-3-14-16(12,13)15-10(11)9-7-5-4-6-8(9)2/h4-7H,3H2,1-2H3,(H,12,13). The molecule has 0 fully saturated rings. The Hall–Kier alpha value is -1.16. The van der Waals surface area contributed by atoms with Gasteiger partial charge in [-0.2, -0.15) is 0 Å². The van der Waals surface area contributed by atoms with Gasteiger partial charge in [-0.3, -0.25) is 9.42 Å². The van der Waals surface area contributed by atoms with Crippen molar-refractivity contribution in [3.63, 3.8) is 0 Å². The number of rotatable bonds is 4. The SMILES string of the molecule is CCOP(=O)(O)OC(=O)c1ccccc1C. The van der Waals surface area contributed by atoms with Crippen molar-refractivity contribution >= 4 is 13.8 Å². The Labute approximate surface area is 93.6 Å². The quantitative estimate of drug-likeness (QED) is 0.822. The molecule has 0 aliphatic carbocycles. The summed E-state index contributed by atoms with van der Waals surface area (Å²) in [6.07, 6.45) is 0. The van der Waals surface area contributed by atoms with Crippen LogP contribution in [0.4, 0.5) is 0 Å². The van der Waals surface area contributed by atoms with E-state index in [1.165, 1.54) is 13.0 Å². The first kappa shape index (κ1) is 12.9. The lowest BCUT2D eigenvalue weighted by Crippen LogP contribution is -2.06. The van der Waals surface area contributed by atoms with Crippen molar-refractivity contribution in [2.24, 2.45) is 0 Å². The third kappa shape index (κ3) is 3.45. The highest BCUT2D eigenvalue weighted by molar-refractivity contribution is 7.48. The van der Waals surface area contributed by atoms with Gasteiger partial charge in [0.25, 0.3) is 0 Å². The number of carbonyl (C=O) groups excluding carboxylic acids is 1. The Bertz CT molecular complexity index is 429. The molecule has 1 aromatic carbocycles. The predicted molar refractivity (Wildman–Crippen MR) is 58.0 cm³/mol. The average Bonchev–Trinajstić information content (AvgIpc) is 2.17. The van der Waals surface area contributed by atoms with E-state index in [-0.39, 0.29) is 12.2 Å². The summed E-state index contributed by atoms with van der Waals surface area (Å²) in [5, 5.41) is 0. The molecule has 16 heavy (non-hydrogen) atoms. The fraction of sp³-hybridized carbons (Fsp3) is 0.300. The molecule has 0 saturated heterocycles. The van der Waals surface area contributed by atoms with Crippen LogP contribution < -0.4 is 0 Å². The van der Waals surface area contributed by atoms with Crippen molar-refractivity contribution in [3.8, 4) is 0 Å². The van der Waals surface area contributed by atoms with Gasteiger partial charge in [0.2, 0.25) is 0 Å². The van der Waals surface area contributed by atoms with Gasteiger partial charge in [0.15, 0.2) is 0 Å². The second-order valence-corrected chi connectivity index (χ2v) is 4.46. The maximum atomic E-state index is 11.5. The van der Waals surface area contributed by atoms with E-state index in [0.29, 0.717) is 5.56 Å². The minimum absolute atomic E-state index is 0.00513. The first-order valence-corrected chi connectivity index (χ1v) is 6.22. The largest absolute Gasteiger partial charge is 0.529 e. The smallest absolute Gasteiger partial charge is 0.367 e. The maximum absolute atomic E-state index is 11.5. The number of hydrogen-bond acceptors (Lipinski definition) is 4. The summed E-state index contributed by atoms with van der Waals surface area (Å²) >= 11 is 0. The summed E-state index contributed by atoms with van der Waals surface area (Å²) in [7, 11) is -4.28. The third-order valence-electron chi connectivity index (χ3n) is 1.86. The molecule has 0 saturated carbocycles. The van der Waals surface area contributed by atoms with Crippen LogP contribution in [0, 0.1) is 6.92 Å². The van der Waals surface area contributed by atoms with Crippen LogP contribution in [0.5, 0.6) is 0 Å². The molecule has 0 aromatic heterocycles. The second kappa shape index (κ2) is 5.25. The van der Waals surface area contributed by atoms with Crippen molar-refractivity contribution < 1.29 is 23.3 Å². The first-order valence-electron chi connectivity index (χ1n) is 4.73. The van der Waals surface area contributed by atoms with Gasteiger partial charge in [-0.25, -0.2) is 9.36 Å². The van der Waals surface area contributed by atoms with Crippen LogP contribution in [-0.2, 0) is 13.6 Å². The van der Waals surface area contributed by atoms with Gasteiger partial charge in [0.1, 0.15) is 0 Å². The van der Waals surface area contributed by atoms with E-state index in [0.717, 1.165) is 0 Å². The molecule has 1 rings (SSSR count). The van der Waals surface area contributed by atoms with E-state index in [2.05, 4.69) is 9.05 Å². The van der Waals surface area contributed by atoms with Gasteiger partial charge < -0.3 is 4.52 Å². The Morgan fingerprint density at radius 3 is 2.62 bits per heavy atom. The van der Waals surface area contributed by atoms with Gasteiger partial charge >= 0.3 is 13.8 Å². The summed E-state index contributed by atoms with van der Waals surface area (Å²) < 4.78 is 20.0. The van der Waals surface area contributed by atoms with Crippen molar-refractivity contribution in [2.75, 3.05) is 6.61 Å². The number of phosphoric ester groups is 1. The highest BCUT2D eigenvalue weighted by Crippen LogP contribution is 2.43. The zero-order chi connectivity index (χ0) is 12.2. The van der Waals surface area contributed by atoms with E-state index >= 15 is 0 Å². The molecule has 1 N–H and O–H groups in total. The van der Waals surface area contributed by atoms with E-state index in [1.807, 2.05) is 0 Å². The topological polar surface area (TPSA) is 72.8 Å². The van der Waals surface area contributed by atoms with Crippen LogP contribution in [0.25, 0.3) is 0 Å². The zero-order valence-corrected chi connectivity index (χ0v) is 9.94. The average molecular weight is 244 g/mol. The van der Waals surface area contributed by atoms with Gasteiger partial charge in [-0.05, 0) is 25.5 Å². The first-order chi connectivity index (χ1) is 7.46. The van der Waals surface area contributed by atoms with Crippen LogP contribution in [-0.4, -0.2) is 17.5 Å². The van der Waals surface area contributed by atoms with Crippen molar-refractivity contribution in [1.82, 2.24) is 0 Å². The van der Waals surface area contributed by atoms with E-state index in [4.69, 9.17) is 4.89 Å². The van der Waals surface area contributed by atoms with Crippen LogP contribution >= 0.6 is 7.82 Å². The molecule has 0 spiro atoms. The molecular weight excluding hydrogens is 231 g/mol. The number of carbonyl (C=O) groups is 1. The van der Waals surface area contributed by atoms with Crippen molar-refractivity contribution in [3.05, 3.63) is 35.4 Å². The molecule has 1 aromatic rings. The van der Waals surface area contributed by atoms with Crippen LogP contribution in [0.2, 0.25) is 0 Å². The maximum Gasteiger partial charge on any atom is 0.529 e. The van der Waals surface area contributed by atoms with Crippen LogP contribution in [0.1, 0.15) is 22.8 Å². The minimum atomic E-state index is -4.28. The van der Waals surface area contributed by atoms with E-state index < -0.39 is 13.8 Å². The Kier molecular flexibility index (Phi) is 4.24. The lowest BCUT2D eigenvalue weighted by molar-refractivity contribution is 0.0647. The van der Waals surface area contributed by atoms with Crippen LogP contribution in [0.3, 0.4) is 0 Å². The van der Waals surface area contributed by atoms with Crippen molar-refractivity contribution in [1.29, 1.82) is 0 Å². The Balaban J connectivity index is 2.81. The number of phosphoric acid groups is 1. The van der Waals surface area contributed by atoms with Crippen molar-refractivity contribution in [2.45, 2.75) is 13.8 Å². The van der Waals surface area contributed by atoms with E-state index in [9.17, 15) is 9.36 Å². The summed E-state index contributed by atoms with van der Waals surface area (Å²) in [5.41, 5.74) is 0.917. The molecule has 0 bridgehead atoms. The molecule has 0 amide bonds. The minimum Gasteiger partial charge on any atom is -0.367 e. The summed E-state index contributed by atoms with van der Waals surface area (Å²) in [6, 6.07) is 6.63. The molecule has 0 radical (unpaired) electrons. The van der Waals surface area contributed by atoms with Crippen LogP contribution in [0.15, 0.2) is 24.3 Å². The molecule has 6 heteroatoms. The lowest BCUT2D eigenvalue weighted by Gasteiger charge is -2.11. The number of hydrogen-bond donors (Lipinski definition) is 1. The molecule has 0 aliphatic heterocycles. The summed E-state index contributed by atoms with van der Waals surface area (Å²) in [4.78, 5) is 20.6. The number of aryl methyl sites for hydroxylation is 1. The van der Waals surface area contributed by atoms with Gasteiger partial charge in [-0.15, -0.1) is 0 Å². The van der Waals surface area contributed by atoms with Gasteiger partial charge in [0.05, 0.1) is 12.2 Å². The lowest BCUT2D eigenvalue weighted by atomic mass is 10.1. The molecule has 0 heterocycles. The summed E-state index contributed by atoms with van der Waals surface area (Å²) in [5.74, 6) is -0.864. The molecule has 5 nitrogen and oxygen atoms in total. The zero-order valence-electron chi connectivity index (χ0n) is 9.04. The molecule has 0 aliphatic rings. The number of benzene rings is 1. The predicted octanol–water partition coefficient (Wildman–Crippen LogP) is 2.29. The Morgan fingerprint density at radius 2 is 2.06 bits per heavy atom. The van der Waals surface area contributed by atoms with Gasteiger partial charge in [-0.1, -0.05) is 18.2 Å². The highest BCUT2D eigenvalue weighted by atomic mass is 31.2. The fourth-order valence-electron chi connectivity index (χ4n) is 1.15. The molecule has 1 unspecified atom stereocenters. The second-order valence-electron chi connectivity index (χ2n) is 3.08. The normalized spacial score (nSPS) is 14.2. The summed E-state index contributed by atoms with van der Waals surface area (Å²) in [6.45, 7) is 3.23. The molecular formula is C10H13O5P. The Morgan fingerprint density at radius 1 is 1.44 bits per heavy atom. The molecule has 88 valence electrons. The third-order valence-corrected chi connectivity index (χ3v) is 2.84. The van der Waals surface area contributed by atoms with Gasteiger partial charge in [0, 0.05) is 0 Å². The van der Waals surface area contributed by atoms with E-state index in [1.54, 1.807) is 25.1 Å². The highest BCUT2D eigenvalue weighted by Gasteiger charge is 2.26.